The van der Waals surface area contributed by atoms with Crippen LogP contribution in [-0.4, -0.2) is 22.3 Å². The first-order chi connectivity index (χ1) is 10.4. The van der Waals surface area contributed by atoms with Crippen LogP contribution < -0.4 is 0 Å². The molecule has 5 heteroatoms. The summed E-state index contributed by atoms with van der Waals surface area (Å²) >= 11 is 1.68. The fourth-order valence-electron chi connectivity index (χ4n) is 3.04. The van der Waals surface area contributed by atoms with Crippen molar-refractivity contribution in [3.05, 3.63) is 51.5 Å². The molecule has 4 nitrogen and oxygen atoms in total. The molecule has 0 aliphatic carbocycles. The number of rotatable bonds is 2. The first-order valence-corrected chi connectivity index (χ1v) is 8.03. The molecule has 3 heterocycles. The summed E-state index contributed by atoms with van der Waals surface area (Å²) in [5.41, 5.74) is 1.78. The molecule has 1 aliphatic heterocycles. The molecule has 3 rings (SSSR count). The topological polar surface area (TPSA) is 57.0 Å². The van der Waals surface area contributed by atoms with Crippen molar-refractivity contribution in [2.45, 2.75) is 26.8 Å². The second-order valence-electron chi connectivity index (χ2n) is 6.34. The van der Waals surface area contributed by atoms with Crippen molar-refractivity contribution >= 4 is 17.2 Å². The van der Waals surface area contributed by atoms with Gasteiger partial charge in [0.25, 0.3) is 5.91 Å². The predicted molar refractivity (Wildman–Crippen MR) is 85.6 cm³/mol. The van der Waals surface area contributed by atoms with Crippen LogP contribution in [-0.2, 0) is 0 Å². The van der Waals surface area contributed by atoms with E-state index in [2.05, 4.69) is 31.0 Å². The Morgan fingerprint density at radius 3 is 2.86 bits per heavy atom. The van der Waals surface area contributed by atoms with Crippen LogP contribution in [0.4, 0.5) is 0 Å². The minimum Gasteiger partial charge on any atom is -0.328 e. The maximum absolute atomic E-state index is 12.8. The second kappa shape index (κ2) is 5.22. The molecule has 1 aliphatic rings. The smallest absolute Gasteiger partial charge is 0.273 e. The Labute approximate surface area is 134 Å². The molecule has 0 bridgehead atoms. The average Bonchev–Trinajstić information content (AvgIpc) is 2.97. The number of carbonyl (C=O) groups is 1. The summed E-state index contributed by atoms with van der Waals surface area (Å²) in [6.45, 7) is 6.90. The van der Waals surface area contributed by atoms with Gasteiger partial charge in [0.2, 0.25) is 0 Å². The van der Waals surface area contributed by atoms with Gasteiger partial charge in [0, 0.05) is 23.0 Å². The van der Waals surface area contributed by atoms with Crippen LogP contribution in [0.1, 0.15) is 46.4 Å². The third-order valence-corrected chi connectivity index (χ3v) is 5.08. The van der Waals surface area contributed by atoms with Crippen molar-refractivity contribution < 1.29 is 4.79 Å². The van der Waals surface area contributed by atoms with Gasteiger partial charge in [-0.1, -0.05) is 19.9 Å². The molecule has 1 atom stereocenters. The van der Waals surface area contributed by atoms with E-state index in [1.54, 1.807) is 17.4 Å². The van der Waals surface area contributed by atoms with Gasteiger partial charge in [-0.25, -0.2) is 4.98 Å². The first kappa shape index (κ1) is 14.7. The Hall–Kier alpha value is -2.19. The van der Waals surface area contributed by atoms with Crippen molar-refractivity contribution in [2.24, 2.45) is 5.41 Å². The molecule has 0 saturated carbocycles. The molecule has 2 aromatic rings. The van der Waals surface area contributed by atoms with Crippen LogP contribution in [0.2, 0.25) is 0 Å². The van der Waals surface area contributed by atoms with Gasteiger partial charge in [-0.2, -0.15) is 5.26 Å². The van der Waals surface area contributed by atoms with E-state index in [0.29, 0.717) is 11.3 Å². The molecule has 1 unspecified atom stereocenters. The summed E-state index contributed by atoms with van der Waals surface area (Å²) < 4.78 is 0. The van der Waals surface area contributed by atoms with Crippen molar-refractivity contribution in [1.29, 1.82) is 5.26 Å². The van der Waals surface area contributed by atoms with Gasteiger partial charge >= 0.3 is 0 Å². The Morgan fingerprint density at radius 1 is 1.55 bits per heavy atom. The minimum absolute atomic E-state index is 0.0645. The fourth-order valence-corrected chi connectivity index (χ4v) is 4.08. The molecule has 112 valence electrons. The molecule has 1 amide bonds. The summed E-state index contributed by atoms with van der Waals surface area (Å²) in [5, 5.41) is 11.0. The normalized spacial score (nSPS) is 19.4. The lowest BCUT2D eigenvalue weighted by Crippen LogP contribution is -2.57. The first-order valence-electron chi connectivity index (χ1n) is 7.15. The van der Waals surface area contributed by atoms with Gasteiger partial charge in [-0.15, -0.1) is 11.3 Å². The van der Waals surface area contributed by atoms with Gasteiger partial charge in [0.15, 0.2) is 0 Å². The minimum atomic E-state index is -0.0645. The number of nitrogens with zero attached hydrogens (tertiary/aromatic N) is 3. The van der Waals surface area contributed by atoms with Gasteiger partial charge in [0.05, 0.1) is 11.6 Å². The number of aryl methyl sites for hydroxylation is 1. The van der Waals surface area contributed by atoms with Crippen LogP contribution in [0.5, 0.6) is 0 Å². The van der Waals surface area contributed by atoms with Crippen molar-refractivity contribution in [2.75, 3.05) is 6.54 Å². The Kier molecular flexibility index (Phi) is 3.50. The van der Waals surface area contributed by atoms with Crippen LogP contribution >= 0.6 is 11.3 Å². The number of likely N-dealkylation sites (tertiary alicyclic amines) is 1. The number of pyridine rings is 1. The predicted octanol–water partition coefficient (Wildman–Crippen LogP) is 3.55. The summed E-state index contributed by atoms with van der Waals surface area (Å²) in [5.74, 6) is -0.0645. The quantitative estimate of drug-likeness (QED) is 0.852. The van der Waals surface area contributed by atoms with E-state index in [1.807, 2.05) is 23.3 Å². The number of thiophene rings is 1. The van der Waals surface area contributed by atoms with Crippen LogP contribution in [0, 0.1) is 23.7 Å². The molecule has 22 heavy (non-hydrogen) atoms. The molecular weight excluding hydrogens is 294 g/mol. The summed E-state index contributed by atoms with van der Waals surface area (Å²) in [4.78, 5) is 20.0. The molecule has 0 spiro atoms. The lowest BCUT2D eigenvalue weighted by molar-refractivity contribution is -0.0309. The van der Waals surface area contributed by atoms with E-state index in [9.17, 15) is 4.79 Å². The Balaban J connectivity index is 1.90. The van der Waals surface area contributed by atoms with Gasteiger partial charge in [0.1, 0.15) is 11.8 Å². The highest BCUT2D eigenvalue weighted by atomic mass is 32.1. The highest BCUT2D eigenvalue weighted by molar-refractivity contribution is 7.10. The van der Waals surface area contributed by atoms with Gasteiger partial charge < -0.3 is 4.90 Å². The molecule has 0 radical (unpaired) electrons. The van der Waals surface area contributed by atoms with E-state index in [4.69, 9.17) is 5.26 Å². The zero-order valence-corrected chi connectivity index (χ0v) is 13.6. The zero-order valence-electron chi connectivity index (χ0n) is 12.8. The number of hydrogen-bond donors (Lipinski definition) is 0. The monoisotopic (exact) mass is 311 g/mol. The average molecular weight is 311 g/mol. The lowest BCUT2D eigenvalue weighted by atomic mass is 9.74. The van der Waals surface area contributed by atoms with E-state index in [-0.39, 0.29) is 17.4 Å². The second-order valence-corrected chi connectivity index (χ2v) is 7.32. The molecule has 1 saturated heterocycles. The number of nitriles is 1. The molecule has 0 N–H and O–H groups in total. The summed E-state index contributed by atoms with van der Waals surface area (Å²) in [6, 6.07) is 7.97. The number of hydrogen-bond acceptors (Lipinski definition) is 4. The van der Waals surface area contributed by atoms with E-state index >= 15 is 0 Å². The van der Waals surface area contributed by atoms with Crippen LogP contribution in [0.25, 0.3) is 0 Å². The van der Waals surface area contributed by atoms with Gasteiger partial charge in [-0.05, 0) is 30.0 Å². The van der Waals surface area contributed by atoms with Crippen LogP contribution in [0.15, 0.2) is 29.8 Å². The number of aromatic nitrogens is 1. The molecule has 1 fully saturated rings. The van der Waals surface area contributed by atoms with Crippen molar-refractivity contribution in [3.8, 4) is 6.07 Å². The highest BCUT2D eigenvalue weighted by Gasteiger charge is 2.49. The number of carbonyl (C=O) groups excluding carboxylic acids is 1. The maximum Gasteiger partial charge on any atom is 0.273 e. The molecule has 2 aromatic heterocycles. The van der Waals surface area contributed by atoms with E-state index in [1.165, 1.54) is 11.1 Å². The largest absolute Gasteiger partial charge is 0.328 e. The highest BCUT2D eigenvalue weighted by Crippen LogP contribution is 2.50. The SMILES string of the molecule is Cc1cc(C(=O)N2CC(C)(C)C2c2cccs2)ncc1C#N. The molecule has 0 aromatic carbocycles. The third kappa shape index (κ3) is 2.30. The third-order valence-electron chi connectivity index (χ3n) is 4.15. The maximum atomic E-state index is 12.8. The van der Waals surface area contributed by atoms with Crippen molar-refractivity contribution in [1.82, 2.24) is 9.88 Å². The Bertz CT molecular complexity index is 759. The summed E-state index contributed by atoms with van der Waals surface area (Å²) in [6.07, 6.45) is 1.48. The van der Waals surface area contributed by atoms with E-state index < -0.39 is 0 Å². The fraction of sp³-hybridized carbons (Fsp3) is 0.353. The lowest BCUT2D eigenvalue weighted by Gasteiger charge is -2.53. The zero-order chi connectivity index (χ0) is 15.9. The molecular formula is C17H17N3OS. The summed E-state index contributed by atoms with van der Waals surface area (Å²) in [7, 11) is 0. The van der Waals surface area contributed by atoms with E-state index in [0.717, 1.165) is 12.1 Å². The number of amides is 1. The standard InChI is InChI=1S/C17H17N3OS/c1-11-7-13(19-9-12(11)8-18)16(21)20-10-17(2,3)15(20)14-5-4-6-22-14/h4-7,9,15H,10H2,1-3H3. The van der Waals surface area contributed by atoms with Crippen LogP contribution in [0.3, 0.4) is 0 Å². The Morgan fingerprint density at radius 2 is 2.32 bits per heavy atom. The van der Waals surface area contributed by atoms with Gasteiger partial charge in [-0.3, -0.25) is 4.79 Å². The van der Waals surface area contributed by atoms with Crippen molar-refractivity contribution in [3.63, 3.8) is 0 Å².